The van der Waals surface area contributed by atoms with Crippen molar-refractivity contribution in [1.29, 1.82) is 0 Å². The van der Waals surface area contributed by atoms with E-state index in [0.717, 1.165) is 65.3 Å². The van der Waals surface area contributed by atoms with Crippen LogP contribution in [0.2, 0.25) is 0 Å². The minimum atomic E-state index is -0.410. The molecule has 0 aliphatic carbocycles. The molecule has 1 saturated heterocycles. The highest BCUT2D eigenvalue weighted by Crippen LogP contribution is 2.34. The summed E-state index contributed by atoms with van der Waals surface area (Å²) >= 11 is 1.61. The second kappa shape index (κ2) is 17.2. The van der Waals surface area contributed by atoms with Crippen LogP contribution < -0.4 is 20.1 Å². The molecular weight excluding hydrogens is 687 g/mol. The smallest absolute Gasteiger partial charge is 0.407 e. The molecule has 0 bridgehead atoms. The molecule has 12 heteroatoms. The van der Waals surface area contributed by atoms with Crippen molar-refractivity contribution in [2.75, 3.05) is 32.8 Å². The van der Waals surface area contributed by atoms with E-state index in [1.807, 2.05) is 71.1 Å². The maximum atomic E-state index is 12.1. The Morgan fingerprint density at radius 1 is 0.943 bits per heavy atom. The molecule has 0 atom stereocenters. The number of urea groups is 1. The summed E-state index contributed by atoms with van der Waals surface area (Å²) in [4.78, 5) is 31.0. The number of ether oxygens (including phenoxy) is 2. The number of amides is 3. The highest BCUT2D eigenvalue weighted by Gasteiger charge is 2.21. The molecule has 6 aromatic rings. The molecule has 1 aliphatic rings. The summed E-state index contributed by atoms with van der Waals surface area (Å²) in [5.41, 5.74) is 6.13. The van der Waals surface area contributed by atoms with Crippen molar-refractivity contribution in [2.24, 2.45) is 7.05 Å². The molecule has 4 aromatic carbocycles. The summed E-state index contributed by atoms with van der Waals surface area (Å²) in [6, 6.07) is 30.7. The van der Waals surface area contributed by atoms with Gasteiger partial charge in [0, 0.05) is 37.5 Å². The van der Waals surface area contributed by atoms with Crippen LogP contribution in [0.15, 0.2) is 103 Å². The Labute approximate surface area is 313 Å². The lowest BCUT2D eigenvalue weighted by molar-refractivity contribution is -0.661. The van der Waals surface area contributed by atoms with E-state index in [1.54, 1.807) is 16.2 Å². The number of carbonyl (C=O) groups excluding carboxylic acids is 2. The molecule has 53 heavy (non-hydrogen) atoms. The number of alkyl carbamates (subject to hydrolysis) is 1. The number of hydrogen-bond acceptors (Lipinski definition) is 7. The molecule has 0 radical (unpaired) electrons. The van der Waals surface area contributed by atoms with E-state index < -0.39 is 6.09 Å². The molecule has 0 unspecified atom stereocenters. The minimum Gasteiger partial charge on any atom is -0.491 e. The summed E-state index contributed by atoms with van der Waals surface area (Å²) < 4.78 is 15.4. The van der Waals surface area contributed by atoms with Gasteiger partial charge < -0.3 is 25.0 Å². The number of fused-ring (bicyclic) bond motifs is 1. The van der Waals surface area contributed by atoms with Crippen molar-refractivity contribution in [2.45, 2.75) is 38.7 Å². The van der Waals surface area contributed by atoms with Gasteiger partial charge in [0.15, 0.2) is 17.6 Å². The molecule has 272 valence electrons. The number of unbranched alkanes of at least 4 members (excludes halogenated alkanes) is 1. The number of nitrogens with zero attached hydrogens (tertiary/aromatic N) is 5. The number of rotatable bonds is 16. The second-order valence-electron chi connectivity index (χ2n) is 13.1. The van der Waals surface area contributed by atoms with E-state index >= 15 is 0 Å². The van der Waals surface area contributed by atoms with Crippen molar-refractivity contribution in [3.8, 4) is 22.0 Å². The molecule has 11 nitrogen and oxygen atoms in total. The molecular formula is C41H44N7O4S+. The normalized spacial score (nSPS) is 12.6. The Morgan fingerprint density at radius 2 is 1.79 bits per heavy atom. The SMILES string of the molecule is Cn1n[n+](-c2ccc(-c3nc(CCc4ccc5ccccc5c4)cs3)c(OCCN3CCNC3=O)c2)cc1CCCCNC(=O)OCc1ccccc1. The van der Waals surface area contributed by atoms with Crippen LogP contribution in [-0.2, 0) is 37.7 Å². The summed E-state index contributed by atoms with van der Waals surface area (Å²) in [5.74, 6) is 0.697. The lowest BCUT2D eigenvalue weighted by atomic mass is 10.0. The van der Waals surface area contributed by atoms with Gasteiger partial charge in [0.25, 0.3) is 0 Å². The number of benzene rings is 4. The zero-order chi connectivity index (χ0) is 36.4. The van der Waals surface area contributed by atoms with Crippen molar-refractivity contribution < 1.29 is 23.7 Å². The van der Waals surface area contributed by atoms with E-state index in [1.165, 1.54) is 16.3 Å². The quantitative estimate of drug-likeness (QED) is 0.0879. The van der Waals surface area contributed by atoms with Crippen molar-refractivity contribution in [1.82, 2.24) is 30.4 Å². The first-order valence-electron chi connectivity index (χ1n) is 18.1. The molecule has 3 heterocycles. The minimum absolute atomic E-state index is 0.0612. The first kappa shape index (κ1) is 35.6. The summed E-state index contributed by atoms with van der Waals surface area (Å²) in [5, 5.41) is 16.0. The molecule has 1 aliphatic heterocycles. The van der Waals surface area contributed by atoms with Crippen LogP contribution in [0.3, 0.4) is 0 Å². The lowest BCUT2D eigenvalue weighted by Crippen LogP contribution is -2.33. The van der Waals surface area contributed by atoms with Gasteiger partial charge >= 0.3 is 12.1 Å². The fourth-order valence-electron chi connectivity index (χ4n) is 6.35. The van der Waals surface area contributed by atoms with E-state index in [2.05, 4.69) is 58.5 Å². The number of aryl methyl sites for hydroxylation is 4. The van der Waals surface area contributed by atoms with Gasteiger partial charge in [-0.2, -0.15) is 0 Å². The monoisotopic (exact) mass is 730 g/mol. The molecule has 3 amide bonds. The van der Waals surface area contributed by atoms with Gasteiger partial charge in [0.2, 0.25) is 0 Å². The molecule has 2 N–H and O–H groups in total. The van der Waals surface area contributed by atoms with Gasteiger partial charge in [-0.05, 0) is 59.7 Å². The highest BCUT2D eigenvalue weighted by atomic mass is 32.1. The highest BCUT2D eigenvalue weighted by molar-refractivity contribution is 7.13. The number of carbonyl (C=O) groups is 2. The lowest BCUT2D eigenvalue weighted by Gasteiger charge is -2.16. The summed E-state index contributed by atoms with van der Waals surface area (Å²) in [6.07, 6.45) is 5.86. The standard InChI is InChI=1S/C41H43N7O4S/c1-46-36(13-7-8-20-43-41(50)52-28-31-9-3-2-4-10-31)27-48(45-46)35-18-19-37(38(26-35)51-24-23-47-22-21-42-40(47)49)39-44-34(29-53-39)17-15-30-14-16-32-11-5-6-12-33(32)25-30/h2-6,9-12,14,16,18-19,25-27,29H,7-8,13,15,17,20-24,28H2,1H3,(H-,42,43,49,50)/p+1. The molecule has 1 fully saturated rings. The first-order chi connectivity index (χ1) is 26.0. The fourth-order valence-corrected chi connectivity index (χ4v) is 7.24. The number of nitrogens with one attached hydrogen (secondary N) is 2. The van der Waals surface area contributed by atoms with E-state index in [9.17, 15) is 9.59 Å². The average Bonchev–Trinajstić information content (AvgIpc) is 3.93. The van der Waals surface area contributed by atoms with Gasteiger partial charge in [0.05, 0.1) is 23.0 Å². The van der Waals surface area contributed by atoms with Crippen LogP contribution in [0.1, 0.15) is 35.4 Å². The summed E-state index contributed by atoms with van der Waals surface area (Å²) in [6.45, 7) is 2.96. The van der Waals surface area contributed by atoms with Crippen LogP contribution in [0.5, 0.6) is 5.75 Å². The number of aromatic nitrogens is 4. The Bertz CT molecular complexity index is 2170. The second-order valence-corrected chi connectivity index (χ2v) is 14.0. The predicted octanol–water partition coefficient (Wildman–Crippen LogP) is 6.41. The maximum Gasteiger partial charge on any atom is 0.407 e. The molecule has 0 spiro atoms. The summed E-state index contributed by atoms with van der Waals surface area (Å²) in [7, 11) is 1.94. The van der Waals surface area contributed by atoms with Gasteiger partial charge in [-0.3, -0.25) is 0 Å². The van der Waals surface area contributed by atoms with Crippen LogP contribution in [-0.4, -0.2) is 64.7 Å². The molecule has 0 saturated carbocycles. The van der Waals surface area contributed by atoms with Crippen LogP contribution in [0.25, 0.3) is 27.0 Å². The largest absolute Gasteiger partial charge is 0.491 e. The zero-order valence-electron chi connectivity index (χ0n) is 29.9. The predicted molar refractivity (Wildman–Crippen MR) is 205 cm³/mol. The van der Waals surface area contributed by atoms with E-state index in [-0.39, 0.29) is 12.6 Å². The van der Waals surface area contributed by atoms with Crippen LogP contribution in [0.4, 0.5) is 9.59 Å². The topological polar surface area (TPSA) is 114 Å². The Hall–Kier alpha value is -5.75. The zero-order valence-corrected chi connectivity index (χ0v) is 30.7. The average molecular weight is 731 g/mol. The third-order valence-corrected chi connectivity index (χ3v) is 10.2. The van der Waals surface area contributed by atoms with E-state index in [0.29, 0.717) is 38.5 Å². The van der Waals surface area contributed by atoms with Crippen LogP contribution in [0, 0.1) is 0 Å². The van der Waals surface area contributed by atoms with Gasteiger partial charge in [-0.1, -0.05) is 72.8 Å². The van der Waals surface area contributed by atoms with Crippen molar-refractivity contribution >= 4 is 34.2 Å². The maximum absolute atomic E-state index is 12.1. The Balaban J connectivity index is 0.984. The first-order valence-corrected chi connectivity index (χ1v) is 19.0. The van der Waals surface area contributed by atoms with Crippen molar-refractivity contribution in [3.05, 3.63) is 125 Å². The molecule has 7 rings (SSSR count). The van der Waals surface area contributed by atoms with Crippen LogP contribution >= 0.6 is 11.3 Å². The number of hydrogen-bond donors (Lipinski definition) is 2. The number of thiazole rings is 1. The van der Waals surface area contributed by atoms with Gasteiger partial charge in [0.1, 0.15) is 31.0 Å². The van der Waals surface area contributed by atoms with E-state index in [4.69, 9.17) is 19.7 Å². The Morgan fingerprint density at radius 3 is 2.64 bits per heavy atom. The van der Waals surface area contributed by atoms with Gasteiger partial charge in [-0.15, -0.1) is 20.7 Å². The molecule has 2 aromatic heterocycles. The Kier molecular flexibility index (Phi) is 11.6. The third kappa shape index (κ3) is 9.38. The third-order valence-electron chi connectivity index (χ3n) is 9.32. The fraction of sp³-hybridized carbons (Fsp3) is 0.293. The van der Waals surface area contributed by atoms with Crippen molar-refractivity contribution in [3.63, 3.8) is 0 Å². The van der Waals surface area contributed by atoms with Gasteiger partial charge in [-0.25, -0.2) is 14.6 Å².